The van der Waals surface area contributed by atoms with Crippen LogP contribution in [0, 0.1) is 5.82 Å². The standard InChI is InChI=1S/C20H24FN5O2/c1-24-13-16(15-11-14(21)3-4-18(15)24)19-12-17(23-25(19)2)20(27)22-5-6-26-7-9-28-10-8-26/h3-4,11-13H,5-10H2,1-2H3,(H,22,27). The van der Waals surface area contributed by atoms with E-state index >= 15 is 0 Å². The van der Waals surface area contributed by atoms with Crippen LogP contribution in [0.25, 0.3) is 22.2 Å². The van der Waals surface area contributed by atoms with Crippen molar-refractivity contribution in [1.82, 2.24) is 24.6 Å². The lowest BCUT2D eigenvalue weighted by molar-refractivity contribution is 0.0383. The molecule has 1 aromatic carbocycles. The fourth-order valence-corrected chi connectivity index (χ4v) is 3.64. The fraction of sp³-hybridized carbons (Fsp3) is 0.400. The summed E-state index contributed by atoms with van der Waals surface area (Å²) in [7, 11) is 3.71. The molecule has 0 atom stereocenters. The van der Waals surface area contributed by atoms with Crippen molar-refractivity contribution < 1.29 is 13.9 Å². The maximum Gasteiger partial charge on any atom is 0.271 e. The van der Waals surface area contributed by atoms with Crippen LogP contribution >= 0.6 is 0 Å². The highest BCUT2D eigenvalue weighted by Crippen LogP contribution is 2.31. The second-order valence-corrected chi connectivity index (χ2v) is 7.06. The number of fused-ring (bicyclic) bond motifs is 1. The van der Waals surface area contributed by atoms with Gasteiger partial charge in [0.05, 0.1) is 18.9 Å². The number of benzene rings is 1. The van der Waals surface area contributed by atoms with Gasteiger partial charge in [-0.05, 0) is 24.3 Å². The summed E-state index contributed by atoms with van der Waals surface area (Å²) in [4.78, 5) is 14.8. The zero-order valence-corrected chi connectivity index (χ0v) is 16.1. The molecule has 1 N–H and O–H groups in total. The number of amides is 1. The van der Waals surface area contributed by atoms with Gasteiger partial charge in [0.15, 0.2) is 5.69 Å². The van der Waals surface area contributed by atoms with Crippen LogP contribution in [0.15, 0.2) is 30.5 Å². The van der Waals surface area contributed by atoms with Gasteiger partial charge in [0.2, 0.25) is 0 Å². The van der Waals surface area contributed by atoms with Crippen molar-refractivity contribution in [2.45, 2.75) is 0 Å². The number of hydrogen-bond donors (Lipinski definition) is 1. The maximum atomic E-state index is 13.8. The molecule has 0 bridgehead atoms. The third-order valence-electron chi connectivity index (χ3n) is 5.16. The number of aromatic nitrogens is 3. The quantitative estimate of drug-likeness (QED) is 0.727. The first kappa shape index (κ1) is 18.6. The number of rotatable bonds is 5. The summed E-state index contributed by atoms with van der Waals surface area (Å²) in [5.74, 6) is -0.496. The Morgan fingerprint density at radius 3 is 2.82 bits per heavy atom. The maximum absolute atomic E-state index is 13.8. The highest BCUT2D eigenvalue weighted by Gasteiger charge is 2.18. The van der Waals surface area contributed by atoms with Gasteiger partial charge in [-0.2, -0.15) is 5.10 Å². The lowest BCUT2D eigenvalue weighted by atomic mass is 10.1. The normalized spacial score (nSPS) is 15.2. The Kier molecular flexibility index (Phi) is 5.15. The van der Waals surface area contributed by atoms with E-state index in [0.717, 1.165) is 55.0 Å². The minimum absolute atomic E-state index is 0.207. The lowest BCUT2D eigenvalue weighted by Gasteiger charge is -2.26. The van der Waals surface area contributed by atoms with Gasteiger partial charge in [0, 0.05) is 62.9 Å². The third kappa shape index (κ3) is 3.65. The van der Waals surface area contributed by atoms with Crippen LogP contribution in [0.3, 0.4) is 0 Å². The Morgan fingerprint density at radius 2 is 2.04 bits per heavy atom. The SMILES string of the molecule is Cn1nc(C(=O)NCCN2CCOCC2)cc1-c1cn(C)c2ccc(F)cc12. The number of aryl methyl sites for hydroxylation is 2. The molecule has 1 saturated heterocycles. The van der Waals surface area contributed by atoms with Crippen molar-refractivity contribution in [3.8, 4) is 11.3 Å². The summed E-state index contributed by atoms with van der Waals surface area (Å²) in [6, 6.07) is 6.47. The first-order valence-corrected chi connectivity index (χ1v) is 9.40. The van der Waals surface area contributed by atoms with Gasteiger partial charge >= 0.3 is 0 Å². The first-order valence-electron chi connectivity index (χ1n) is 9.40. The molecule has 0 saturated carbocycles. The monoisotopic (exact) mass is 385 g/mol. The molecule has 7 nitrogen and oxygen atoms in total. The van der Waals surface area contributed by atoms with E-state index in [1.165, 1.54) is 12.1 Å². The molecule has 28 heavy (non-hydrogen) atoms. The van der Waals surface area contributed by atoms with E-state index in [-0.39, 0.29) is 11.7 Å². The Hall–Kier alpha value is -2.71. The average Bonchev–Trinajstić information content (AvgIpc) is 3.22. The van der Waals surface area contributed by atoms with Crippen LogP contribution in [0.1, 0.15) is 10.5 Å². The number of morpholine rings is 1. The Balaban J connectivity index is 1.50. The van der Waals surface area contributed by atoms with Gasteiger partial charge in [-0.3, -0.25) is 14.4 Å². The topological polar surface area (TPSA) is 64.3 Å². The van der Waals surface area contributed by atoms with Crippen molar-refractivity contribution in [3.05, 3.63) is 42.0 Å². The Bertz CT molecular complexity index is 1000. The summed E-state index contributed by atoms with van der Waals surface area (Å²) < 4.78 is 22.7. The van der Waals surface area contributed by atoms with Gasteiger partial charge in [-0.15, -0.1) is 0 Å². The number of nitrogens with zero attached hydrogens (tertiary/aromatic N) is 4. The highest BCUT2D eigenvalue weighted by molar-refractivity contribution is 5.98. The van der Waals surface area contributed by atoms with Crippen molar-refractivity contribution in [2.75, 3.05) is 39.4 Å². The van der Waals surface area contributed by atoms with E-state index in [4.69, 9.17) is 4.74 Å². The summed E-state index contributed by atoms with van der Waals surface area (Å²) in [5.41, 5.74) is 2.90. The molecule has 1 aliphatic rings. The molecule has 3 heterocycles. The molecule has 0 spiro atoms. The Labute approximate surface area is 162 Å². The number of nitrogens with one attached hydrogen (secondary N) is 1. The fourth-order valence-electron chi connectivity index (χ4n) is 3.64. The van der Waals surface area contributed by atoms with Crippen LogP contribution in [0.5, 0.6) is 0 Å². The molecule has 0 aliphatic carbocycles. The molecule has 8 heteroatoms. The van der Waals surface area contributed by atoms with E-state index in [1.807, 2.05) is 17.8 Å². The molecule has 4 rings (SSSR count). The second kappa shape index (κ2) is 7.73. The van der Waals surface area contributed by atoms with Gasteiger partial charge in [0.1, 0.15) is 5.82 Å². The van der Waals surface area contributed by atoms with Crippen LogP contribution in [0.4, 0.5) is 4.39 Å². The zero-order valence-electron chi connectivity index (χ0n) is 16.1. The van der Waals surface area contributed by atoms with Gasteiger partial charge in [-0.25, -0.2) is 4.39 Å². The number of carbonyl (C=O) groups excluding carboxylic acids is 1. The van der Waals surface area contributed by atoms with Crippen LogP contribution in [0.2, 0.25) is 0 Å². The Morgan fingerprint density at radius 1 is 1.25 bits per heavy atom. The lowest BCUT2D eigenvalue weighted by Crippen LogP contribution is -2.41. The van der Waals surface area contributed by atoms with Crippen LogP contribution in [-0.4, -0.2) is 64.5 Å². The molecule has 148 valence electrons. The highest BCUT2D eigenvalue weighted by atomic mass is 19.1. The van der Waals surface area contributed by atoms with Crippen molar-refractivity contribution >= 4 is 16.8 Å². The molecule has 1 fully saturated rings. The second-order valence-electron chi connectivity index (χ2n) is 7.06. The smallest absolute Gasteiger partial charge is 0.271 e. The molecule has 2 aromatic heterocycles. The molecule has 0 radical (unpaired) electrons. The predicted octanol–water partition coefficient (Wildman–Crippen LogP) is 1.78. The average molecular weight is 385 g/mol. The van der Waals surface area contributed by atoms with E-state index < -0.39 is 0 Å². The molecular formula is C20H24FN5O2. The van der Waals surface area contributed by atoms with Crippen molar-refractivity contribution in [2.24, 2.45) is 14.1 Å². The van der Waals surface area contributed by atoms with Crippen LogP contribution < -0.4 is 5.32 Å². The number of carbonyl (C=O) groups is 1. The van der Waals surface area contributed by atoms with Crippen molar-refractivity contribution in [3.63, 3.8) is 0 Å². The molecule has 3 aromatic rings. The third-order valence-corrected chi connectivity index (χ3v) is 5.16. The minimum atomic E-state index is -0.289. The van der Waals surface area contributed by atoms with E-state index in [2.05, 4.69) is 15.3 Å². The van der Waals surface area contributed by atoms with E-state index in [9.17, 15) is 9.18 Å². The summed E-state index contributed by atoms with van der Waals surface area (Å²) in [6.07, 6.45) is 1.93. The molecule has 0 unspecified atom stereocenters. The number of hydrogen-bond acceptors (Lipinski definition) is 4. The summed E-state index contributed by atoms with van der Waals surface area (Å²) in [5, 5.41) is 8.08. The zero-order chi connectivity index (χ0) is 19.7. The summed E-state index contributed by atoms with van der Waals surface area (Å²) in [6.45, 7) is 4.61. The number of ether oxygens (including phenoxy) is 1. The van der Waals surface area contributed by atoms with Gasteiger partial charge in [-0.1, -0.05) is 0 Å². The van der Waals surface area contributed by atoms with E-state index in [0.29, 0.717) is 12.2 Å². The molecule has 1 aliphatic heterocycles. The predicted molar refractivity (Wildman–Crippen MR) is 105 cm³/mol. The first-order chi connectivity index (χ1) is 13.5. The van der Waals surface area contributed by atoms with Gasteiger partial charge < -0.3 is 14.6 Å². The number of halogens is 1. The van der Waals surface area contributed by atoms with Crippen LogP contribution in [-0.2, 0) is 18.8 Å². The van der Waals surface area contributed by atoms with Crippen molar-refractivity contribution in [1.29, 1.82) is 0 Å². The van der Waals surface area contributed by atoms with Gasteiger partial charge in [0.25, 0.3) is 5.91 Å². The summed E-state index contributed by atoms with van der Waals surface area (Å²) >= 11 is 0. The molecular weight excluding hydrogens is 361 g/mol. The molecule has 1 amide bonds. The minimum Gasteiger partial charge on any atom is -0.379 e. The largest absolute Gasteiger partial charge is 0.379 e. The van der Waals surface area contributed by atoms with E-state index in [1.54, 1.807) is 23.9 Å².